The van der Waals surface area contributed by atoms with E-state index in [2.05, 4.69) is 34.8 Å². The Bertz CT molecular complexity index is 248. The van der Waals surface area contributed by atoms with Crippen LogP contribution < -0.4 is 4.74 Å². The molecule has 13 heavy (non-hydrogen) atoms. The van der Waals surface area contributed by atoms with Crippen LogP contribution in [0.15, 0.2) is 22.9 Å². The lowest BCUT2D eigenvalue weighted by atomic mass is 10.1. The summed E-state index contributed by atoms with van der Waals surface area (Å²) in [7, 11) is 0. The Hall–Kier alpha value is -0.570. The fraction of sp³-hybridized carbons (Fsp3) is 0.500. The summed E-state index contributed by atoms with van der Waals surface area (Å²) in [4.78, 5) is 4.07. The van der Waals surface area contributed by atoms with Gasteiger partial charge in [-0.05, 0) is 34.0 Å². The fourth-order valence-electron chi connectivity index (χ4n) is 0.804. The molecular weight excluding hydrogens is 230 g/mol. The quantitative estimate of drug-likeness (QED) is 0.758. The molecule has 0 spiro atoms. The molecule has 3 heteroatoms. The molecule has 0 fully saturated rings. The van der Waals surface area contributed by atoms with Crippen LogP contribution in [0.4, 0.5) is 0 Å². The standard InChI is InChI=1S/C10H14BrNO/c1-3-8(2)7-13-9-4-5-10(11)12-6-9/h4-6,8H,3,7H2,1-2H3. The Morgan fingerprint density at radius 2 is 2.31 bits per heavy atom. The first-order chi connectivity index (χ1) is 6.22. The van der Waals surface area contributed by atoms with Crippen LogP contribution in [0.5, 0.6) is 5.75 Å². The van der Waals surface area contributed by atoms with Crippen molar-refractivity contribution in [2.24, 2.45) is 5.92 Å². The number of halogens is 1. The summed E-state index contributed by atoms with van der Waals surface area (Å²) in [5, 5.41) is 0. The van der Waals surface area contributed by atoms with E-state index in [0.717, 1.165) is 23.4 Å². The number of nitrogens with zero attached hydrogens (tertiary/aromatic N) is 1. The number of pyridine rings is 1. The van der Waals surface area contributed by atoms with Crippen LogP contribution in [-0.2, 0) is 0 Å². The average Bonchev–Trinajstić information content (AvgIpc) is 2.16. The van der Waals surface area contributed by atoms with Gasteiger partial charge in [-0.3, -0.25) is 0 Å². The molecule has 2 nitrogen and oxygen atoms in total. The minimum Gasteiger partial charge on any atom is -0.492 e. The smallest absolute Gasteiger partial charge is 0.137 e. The van der Waals surface area contributed by atoms with Gasteiger partial charge in [-0.15, -0.1) is 0 Å². The van der Waals surface area contributed by atoms with Crippen molar-refractivity contribution in [1.82, 2.24) is 4.98 Å². The van der Waals surface area contributed by atoms with Crippen LogP contribution in [0, 0.1) is 5.92 Å². The first-order valence-electron chi connectivity index (χ1n) is 4.46. The summed E-state index contributed by atoms with van der Waals surface area (Å²) < 4.78 is 6.37. The summed E-state index contributed by atoms with van der Waals surface area (Å²) in [5.41, 5.74) is 0. The second-order valence-corrected chi connectivity index (χ2v) is 3.95. The van der Waals surface area contributed by atoms with Crippen LogP contribution in [-0.4, -0.2) is 11.6 Å². The molecule has 0 saturated carbocycles. The Morgan fingerprint density at radius 3 is 2.85 bits per heavy atom. The zero-order valence-corrected chi connectivity index (χ0v) is 9.54. The monoisotopic (exact) mass is 243 g/mol. The topological polar surface area (TPSA) is 22.1 Å². The van der Waals surface area contributed by atoms with Gasteiger partial charge < -0.3 is 4.74 Å². The van der Waals surface area contributed by atoms with Gasteiger partial charge >= 0.3 is 0 Å². The van der Waals surface area contributed by atoms with E-state index in [1.807, 2.05) is 12.1 Å². The summed E-state index contributed by atoms with van der Waals surface area (Å²) in [6.07, 6.45) is 2.87. The van der Waals surface area contributed by atoms with Gasteiger partial charge in [0.25, 0.3) is 0 Å². The molecule has 1 rings (SSSR count). The Labute approximate surface area is 87.5 Å². The number of hydrogen-bond acceptors (Lipinski definition) is 2. The summed E-state index contributed by atoms with van der Waals surface area (Å²) >= 11 is 3.27. The highest BCUT2D eigenvalue weighted by molar-refractivity contribution is 9.10. The molecule has 1 aromatic heterocycles. The van der Waals surface area contributed by atoms with Crippen molar-refractivity contribution in [3.63, 3.8) is 0 Å². The van der Waals surface area contributed by atoms with E-state index >= 15 is 0 Å². The van der Waals surface area contributed by atoms with E-state index in [1.54, 1.807) is 6.20 Å². The minimum atomic E-state index is 0.601. The predicted octanol–water partition coefficient (Wildman–Crippen LogP) is 3.27. The van der Waals surface area contributed by atoms with E-state index in [-0.39, 0.29) is 0 Å². The summed E-state index contributed by atoms with van der Waals surface area (Å²) in [6, 6.07) is 3.80. The minimum absolute atomic E-state index is 0.601. The van der Waals surface area contributed by atoms with Crippen LogP contribution in [0.25, 0.3) is 0 Å². The maximum Gasteiger partial charge on any atom is 0.137 e. The third kappa shape index (κ3) is 3.77. The van der Waals surface area contributed by atoms with E-state index in [4.69, 9.17) is 4.74 Å². The highest BCUT2D eigenvalue weighted by Gasteiger charge is 2.00. The number of rotatable bonds is 4. The molecule has 0 aliphatic carbocycles. The number of aromatic nitrogens is 1. The van der Waals surface area contributed by atoms with Gasteiger partial charge in [0.2, 0.25) is 0 Å². The normalized spacial score (nSPS) is 12.5. The molecule has 1 heterocycles. The molecule has 0 N–H and O–H groups in total. The van der Waals surface area contributed by atoms with Crippen molar-refractivity contribution in [2.45, 2.75) is 20.3 Å². The molecular formula is C10H14BrNO. The molecule has 0 aliphatic heterocycles. The molecule has 1 aromatic rings. The second-order valence-electron chi connectivity index (χ2n) is 3.14. The lowest BCUT2D eigenvalue weighted by Gasteiger charge is -2.10. The van der Waals surface area contributed by atoms with Crippen molar-refractivity contribution in [2.75, 3.05) is 6.61 Å². The van der Waals surface area contributed by atoms with Gasteiger partial charge in [0, 0.05) is 0 Å². The molecule has 0 bridgehead atoms. The Balaban J connectivity index is 2.41. The van der Waals surface area contributed by atoms with Gasteiger partial charge in [0.05, 0.1) is 12.8 Å². The van der Waals surface area contributed by atoms with E-state index in [1.165, 1.54) is 0 Å². The molecule has 0 aromatic carbocycles. The van der Waals surface area contributed by atoms with Gasteiger partial charge in [-0.1, -0.05) is 20.3 Å². The maximum absolute atomic E-state index is 5.53. The highest BCUT2D eigenvalue weighted by atomic mass is 79.9. The third-order valence-electron chi connectivity index (χ3n) is 1.93. The molecule has 0 aliphatic rings. The lowest BCUT2D eigenvalue weighted by Crippen LogP contribution is -2.07. The SMILES string of the molecule is CCC(C)COc1ccc(Br)nc1. The first kappa shape index (κ1) is 10.5. The zero-order valence-electron chi connectivity index (χ0n) is 7.96. The molecule has 72 valence electrons. The zero-order chi connectivity index (χ0) is 9.68. The largest absolute Gasteiger partial charge is 0.492 e. The van der Waals surface area contributed by atoms with E-state index in [9.17, 15) is 0 Å². The highest BCUT2D eigenvalue weighted by Crippen LogP contribution is 2.13. The summed E-state index contributed by atoms with van der Waals surface area (Å²) in [6.45, 7) is 5.10. The lowest BCUT2D eigenvalue weighted by molar-refractivity contribution is 0.255. The van der Waals surface area contributed by atoms with Crippen LogP contribution in [0.1, 0.15) is 20.3 Å². The molecule has 1 atom stereocenters. The van der Waals surface area contributed by atoms with Crippen LogP contribution in [0.3, 0.4) is 0 Å². The average molecular weight is 244 g/mol. The van der Waals surface area contributed by atoms with Crippen molar-refractivity contribution >= 4 is 15.9 Å². The predicted molar refractivity (Wildman–Crippen MR) is 56.9 cm³/mol. The van der Waals surface area contributed by atoms with Crippen molar-refractivity contribution in [3.8, 4) is 5.75 Å². The van der Waals surface area contributed by atoms with Crippen LogP contribution >= 0.6 is 15.9 Å². The van der Waals surface area contributed by atoms with E-state index in [0.29, 0.717) is 5.92 Å². The molecule has 1 unspecified atom stereocenters. The van der Waals surface area contributed by atoms with Gasteiger partial charge in [-0.2, -0.15) is 0 Å². The second kappa shape index (κ2) is 5.22. The van der Waals surface area contributed by atoms with E-state index < -0.39 is 0 Å². The first-order valence-corrected chi connectivity index (χ1v) is 5.26. The Kier molecular flexibility index (Phi) is 4.22. The van der Waals surface area contributed by atoms with Crippen molar-refractivity contribution < 1.29 is 4.74 Å². The van der Waals surface area contributed by atoms with Gasteiger partial charge in [0.1, 0.15) is 10.4 Å². The van der Waals surface area contributed by atoms with Crippen LogP contribution in [0.2, 0.25) is 0 Å². The Morgan fingerprint density at radius 1 is 1.54 bits per heavy atom. The molecule has 0 radical (unpaired) electrons. The van der Waals surface area contributed by atoms with Crippen molar-refractivity contribution in [3.05, 3.63) is 22.9 Å². The molecule has 0 amide bonds. The van der Waals surface area contributed by atoms with Crippen molar-refractivity contribution in [1.29, 1.82) is 0 Å². The maximum atomic E-state index is 5.53. The molecule has 0 saturated heterocycles. The summed E-state index contributed by atoms with van der Waals surface area (Å²) in [5.74, 6) is 1.44. The third-order valence-corrected chi connectivity index (χ3v) is 2.40. The number of hydrogen-bond donors (Lipinski definition) is 0. The fourth-order valence-corrected chi connectivity index (χ4v) is 1.04. The van der Waals surface area contributed by atoms with Gasteiger partial charge in [0.15, 0.2) is 0 Å². The van der Waals surface area contributed by atoms with Gasteiger partial charge in [-0.25, -0.2) is 4.98 Å². The number of ether oxygens (including phenoxy) is 1.